The van der Waals surface area contributed by atoms with Crippen LogP contribution in [-0.4, -0.2) is 24.6 Å². The number of carbonyl (C=O) groups is 2. The molecule has 1 heterocycles. The molecular formula is C12H12BrN3O3. The number of hydrogen-bond acceptors (Lipinski definition) is 4. The number of amides is 2. The number of nitrogens with one attached hydrogen (secondary N) is 2. The first-order valence-electron chi connectivity index (χ1n) is 5.60. The normalized spacial score (nSPS) is 14.4. The van der Waals surface area contributed by atoms with E-state index in [0.717, 1.165) is 4.47 Å². The molecule has 6 nitrogen and oxygen atoms in total. The number of hydrazone groups is 1. The molecule has 0 unspecified atom stereocenters. The van der Waals surface area contributed by atoms with Crippen LogP contribution in [0.5, 0.6) is 5.75 Å². The predicted octanol–water partition coefficient (Wildman–Crippen LogP) is 1.66. The third kappa shape index (κ3) is 3.31. The zero-order valence-corrected chi connectivity index (χ0v) is 11.8. The minimum atomic E-state index is -0.322. The van der Waals surface area contributed by atoms with Crippen molar-refractivity contribution in [2.45, 2.75) is 12.8 Å². The number of anilines is 1. The van der Waals surface area contributed by atoms with Gasteiger partial charge in [-0.25, -0.2) is 5.43 Å². The summed E-state index contributed by atoms with van der Waals surface area (Å²) in [5.74, 6) is 0.182. The van der Waals surface area contributed by atoms with Crippen LogP contribution in [0, 0.1) is 0 Å². The Morgan fingerprint density at radius 1 is 1.47 bits per heavy atom. The molecule has 0 atom stereocenters. The zero-order chi connectivity index (χ0) is 13.8. The van der Waals surface area contributed by atoms with Gasteiger partial charge in [-0.1, -0.05) is 0 Å². The van der Waals surface area contributed by atoms with E-state index in [4.69, 9.17) is 4.74 Å². The van der Waals surface area contributed by atoms with E-state index in [1.165, 1.54) is 0 Å². The van der Waals surface area contributed by atoms with Crippen LogP contribution >= 0.6 is 15.9 Å². The van der Waals surface area contributed by atoms with Crippen molar-refractivity contribution in [2.24, 2.45) is 5.10 Å². The Morgan fingerprint density at radius 2 is 2.26 bits per heavy atom. The fourth-order valence-corrected chi connectivity index (χ4v) is 2.13. The maximum atomic E-state index is 11.9. The van der Waals surface area contributed by atoms with Gasteiger partial charge in [0.15, 0.2) is 0 Å². The summed E-state index contributed by atoms with van der Waals surface area (Å²) in [5.41, 5.74) is 3.22. The third-order valence-corrected chi connectivity index (χ3v) is 3.20. The summed E-state index contributed by atoms with van der Waals surface area (Å²) in [5, 5.41) is 6.44. The van der Waals surface area contributed by atoms with E-state index in [9.17, 15) is 9.59 Å². The van der Waals surface area contributed by atoms with Crippen molar-refractivity contribution >= 4 is 39.1 Å². The largest absolute Gasteiger partial charge is 0.496 e. The molecule has 1 aliphatic rings. The molecule has 0 fully saturated rings. The smallest absolute Gasteiger partial charge is 0.271 e. The number of halogens is 1. The van der Waals surface area contributed by atoms with Crippen molar-refractivity contribution in [1.29, 1.82) is 0 Å². The number of hydrogen-bond donors (Lipinski definition) is 2. The van der Waals surface area contributed by atoms with Gasteiger partial charge in [0.05, 0.1) is 11.6 Å². The van der Waals surface area contributed by atoms with Crippen molar-refractivity contribution in [3.05, 3.63) is 22.7 Å². The highest BCUT2D eigenvalue weighted by Crippen LogP contribution is 2.27. The first kappa shape index (κ1) is 13.5. The molecule has 0 bridgehead atoms. The summed E-state index contributed by atoms with van der Waals surface area (Å²) in [7, 11) is 1.57. The summed E-state index contributed by atoms with van der Waals surface area (Å²) in [6, 6.07) is 5.20. The topological polar surface area (TPSA) is 79.8 Å². The Bertz CT molecular complexity index is 557. The van der Waals surface area contributed by atoms with Crippen molar-refractivity contribution in [3.63, 3.8) is 0 Å². The Kier molecular flexibility index (Phi) is 4.16. The van der Waals surface area contributed by atoms with Gasteiger partial charge >= 0.3 is 0 Å². The van der Waals surface area contributed by atoms with E-state index in [-0.39, 0.29) is 18.2 Å². The molecule has 0 aliphatic carbocycles. The molecule has 2 rings (SSSR count). The molecule has 19 heavy (non-hydrogen) atoms. The number of ether oxygens (including phenoxy) is 1. The molecule has 0 aromatic heterocycles. The van der Waals surface area contributed by atoms with Crippen LogP contribution in [0.2, 0.25) is 0 Å². The van der Waals surface area contributed by atoms with E-state index in [1.807, 2.05) is 0 Å². The van der Waals surface area contributed by atoms with E-state index >= 15 is 0 Å². The van der Waals surface area contributed by atoms with Gasteiger partial charge in [0.1, 0.15) is 11.5 Å². The van der Waals surface area contributed by atoms with E-state index in [0.29, 0.717) is 23.6 Å². The number of nitrogens with zero attached hydrogens (tertiary/aromatic N) is 1. The van der Waals surface area contributed by atoms with Crippen LogP contribution in [-0.2, 0) is 9.59 Å². The second-order valence-electron chi connectivity index (χ2n) is 3.90. The van der Waals surface area contributed by atoms with Crippen LogP contribution in [0.25, 0.3) is 0 Å². The molecule has 2 amide bonds. The van der Waals surface area contributed by atoms with E-state index < -0.39 is 0 Å². The van der Waals surface area contributed by atoms with Gasteiger partial charge in [-0.15, -0.1) is 0 Å². The Labute approximate surface area is 118 Å². The molecule has 1 aliphatic heterocycles. The lowest BCUT2D eigenvalue weighted by Gasteiger charge is -2.12. The maximum Gasteiger partial charge on any atom is 0.271 e. The number of rotatable bonds is 3. The van der Waals surface area contributed by atoms with Gasteiger partial charge in [-0.2, -0.15) is 5.10 Å². The Morgan fingerprint density at radius 3 is 2.84 bits per heavy atom. The molecular weight excluding hydrogens is 314 g/mol. The van der Waals surface area contributed by atoms with Gasteiger partial charge in [0, 0.05) is 18.5 Å². The maximum absolute atomic E-state index is 11.9. The monoisotopic (exact) mass is 325 g/mol. The second kappa shape index (κ2) is 5.83. The summed E-state index contributed by atoms with van der Waals surface area (Å²) in [4.78, 5) is 22.8. The summed E-state index contributed by atoms with van der Waals surface area (Å²) >= 11 is 3.34. The fourth-order valence-electron chi connectivity index (χ4n) is 1.59. The molecule has 7 heteroatoms. The van der Waals surface area contributed by atoms with Crippen molar-refractivity contribution < 1.29 is 14.3 Å². The number of methoxy groups -OCH3 is 1. The number of benzene rings is 1. The molecule has 1 aromatic rings. The molecule has 1 aromatic carbocycles. The minimum absolute atomic E-state index is 0.177. The van der Waals surface area contributed by atoms with Crippen LogP contribution in [0.4, 0.5) is 5.69 Å². The molecule has 0 radical (unpaired) electrons. The average molecular weight is 326 g/mol. The second-order valence-corrected chi connectivity index (χ2v) is 4.75. The fraction of sp³-hybridized carbons (Fsp3) is 0.250. The average Bonchev–Trinajstić information content (AvgIpc) is 2.39. The quantitative estimate of drug-likeness (QED) is 0.887. The van der Waals surface area contributed by atoms with Gasteiger partial charge in [-0.3, -0.25) is 9.59 Å². The SMILES string of the molecule is COc1ccc(NC(=O)C2=NNC(=O)CC2)cc1Br. The third-order valence-electron chi connectivity index (χ3n) is 2.58. The van der Waals surface area contributed by atoms with Gasteiger partial charge in [0.2, 0.25) is 5.91 Å². The molecule has 0 saturated carbocycles. The zero-order valence-electron chi connectivity index (χ0n) is 10.2. The van der Waals surface area contributed by atoms with E-state index in [2.05, 4.69) is 31.8 Å². The Balaban J connectivity index is 2.07. The van der Waals surface area contributed by atoms with Crippen molar-refractivity contribution in [1.82, 2.24) is 5.43 Å². The molecule has 2 N–H and O–H groups in total. The predicted molar refractivity (Wildman–Crippen MR) is 74.1 cm³/mol. The lowest BCUT2D eigenvalue weighted by molar-refractivity contribution is -0.121. The van der Waals surface area contributed by atoms with Crippen molar-refractivity contribution in [2.75, 3.05) is 12.4 Å². The molecule has 0 saturated heterocycles. The summed E-state index contributed by atoms with van der Waals surface area (Å²) < 4.78 is 5.84. The van der Waals surface area contributed by atoms with Gasteiger partial charge in [-0.05, 0) is 34.1 Å². The van der Waals surface area contributed by atoms with Crippen molar-refractivity contribution in [3.8, 4) is 5.75 Å². The van der Waals surface area contributed by atoms with Crippen LogP contribution < -0.4 is 15.5 Å². The first-order valence-corrected chi connectivity index (χ1v) is 6.39. The summed E-state index contributed by atoms with van der Waals surface area (Å²) in [6.45, 7) is 0. The van der Waals surface area contributed by atoms with Crippen LogP contribution in [0.15, 0.2) is 27.8 Å². The van der Waals surface area contributed by atoms with E-state index in [1.54, 1.807) is 25.3 Å². The summed E-state index contributed by atoms with van der Waals surface area (Å²) in [6.07, 6.45) is 0.619. The minimum Gasteiger partial charge on any atom is -0.496 e. The highest BCUT2D eigenvalue weighted by Gasteiger charge is 2.18. The molecule has 0 spiro atoms. The lowest BCUT2D eigenvalue weighted by Crippen LogP contribution is -2.32. The Hall–Kier alpha value is -1.89. The highest BCUT2D eigenvalue weighted by atomic mass is 79.9. The lowest BCUT2D eigenvalue weighted by atomic mass is 10.1. The van der Waals surface area contributed by atoms with Gasteiger partial charge in [0.25, 0.3) is 5.91 Å². The van der Waals surface area contributed by atoms with Crippen LogP contribution in [0.3, 0.4) is 0 Å². The number of carbonyl (C=O) groups excluding carboxylic acids is 2. The van der Waals surface area contributed by atoms with Crippen LogP contribution in [0.1, 0.15) is 12.8 Å². The molecule has 100 valence electrons. The standard InChI is InChI=1S/C12H12BrN3O3/c1-19-10-4-2-7(6-8(10)13)14-12(18)9-3-5-11(17)16-15-9/h2,4,6H,3,5H2,1H3,(H,14,18)(H,16,17). The highest BCUT2D eigenvalue weighted by molar-refractivity contribution is 9.10. The van der Waals surface area contributed by atoms with Gasteiger partial charge < -0.3 is 10.1 Å². The first-order chi connectivity index (χ1) is 9.10.